The van der Waals surface area contributed by atoms with Crippen molar-refractivity contribution < 1.29 is 28.6 Å². The van der Waals surface area contributed by atoms with Gasteiger partial charge in [-0.3, -0.25) is 4.90 Å². The van der Waals surface area contributed by atoms with Crippen molar-refractivity contribution in [1.29, 1.82) is 0 Å². The summed E-state index contributed by atoms with van der Waals surface area (Å²) in [4.78, 5) is 26.9. The number of aromatic carboxylic acids is 1. The Bertz CT molecular complexity index is 689. The van der Waals surface area contributed by atoms with Gasteiger partial charge in [-0.15, -0.1) is 0 Å². The van der Waals surface area contributed by atoms with Crippen molar-refractivity contribution in [2.75, 3.05) is 32.8 Å². The van der Waals surface area contributed by atoms with Crippen molar-refractivity contribution in [1.82, 2.24) is 9.80 Å². The number of hydrogen-bond donors (Lipinski definition) is 1. The van der Waals surface area contributed by atoms with Crippen LogP contribution in [-0.4, -0.2) is 71.4 Å². The average Bonchev–Trinajstić information content (AvgIpc) is 2.54. The van der Waals surface area contributed by atoms with Crippen LogP contribution in [0.5, 0.6) is 5.75 Å². The Labute approximate surface area is 158 Å². The zero-order valence-electron chi connectivity index (χ0n) is 16.2. The van der Waals surface area contributed by atoms with E-state index in [0.717, 1.165) is 6.07 Å². The van der Waals surface area contributed by atoms with Gasteiger partial charge in [0.15, 0.2) is 11.6 Å². The molecule has 0 bridgehead atoms. The minimum atomic E-state index is -1.18. The molecule has 1 amide bonds. The number of carbonyl (C=O) groups is 2. The molecule has 0 spiro atoms. The summed E-state index contributed by atoms with van der Waals surface area (Å²) < 4.78 is 24.7. The normalized spacial score (nSPS) is 18.3. The highest BCUT2D eigenvalue weighted by atomic mass is 19.1. The van der Waals surface area contributed by atoms with E-state index in [2.05, 4.69) is 4.90 Å². The van der Waals surface area contributed by atoms with Crippen LogP contribution in [0, 0.1) is 5.82 Å². The van der Waals surface area contributed by atoms with E-state index >= 15 is 0 Å². The highest BCUT2D eigenvalue weighted by molar-refractivity contribution is 5.87. The summed E-state index contributed by atoms with van der Waals surface area (Å²) >= 11 is 0. The standard InChI is InChI=1S/C19H27FN2O5/c1-13-12-21(7-8-22(13)18(25)27-19(2,3)4)9-10-26-16-6-5-14(17(23)24)11-15(16)20/h5-6,11,13H,7-10,12H2,1-4H3,(H,23,24)/t13-/m1/s1. The molecule has 150 valence electrons. The summed E-state index contributed by atoms with van der Waals surface area (Å²) in [6.07, 6.45) is -0.313. The molecule has 1 atom stereocenters. The molecule has 0 radical (unpaired) electrons. The average molecular weight is 382 g/mol. The van der Waals surface area contributed by atoms with Crippen molar-refractivity contribution in [2.45, 2.75) is 39.3 Å². The second-order valence-corrected chi connectivity index (χ2v) is 7.62. The maximum atomic E-state index is 13.9. The fourth-order valence-electron chi connectivity index (χ4n) is 2.86. The molecule has 7 nitrogen and oxygen atoms in total. The van der Waals surface area contributed by atoms with Crippen molar-refractivity contribution in [3.63, 3.8) is 0 Å². The van der Waals surface area contributed by atoms with Gasteiger partial charge >= 0.3 is 12.1 Å². The van der Waals surface area contributed by atoms with E-state index in [9.17, 15) is 14.0 Å². The molecule has 0 aliphatic carbocycles. The number of amides is 1. The van der Waals surface area contributed by atoms with E-state index in [1.807, 2.05) is 27.7 Å². The smallest absolute Gasteiger partial charge is 0.410 e. The number of nitrogens with zero attached hydrogens (tertiary/aromatic N) is 2. The lowest BCUT2D eigenvalue weighted by Crippen LogP contribution is -2.55. The van der Waals surface area contributed by atoms with Gasteiger partial charge in [0.2, 0.25) is 0 Å². The van der Waals surface area contributed by atoms with Gasteiger partial charge in [0.05, 0.1) is 5.56 Å². The van der Waals surface area contributed by atoms with E-state index in [1.165, 1.54) is 12.1 Å². The van der Waals surface area contributed by atoms with Crippen LogP contribution in [0.3, 0.4) is 0 Å². The van der Waals surface area contributed by atoms with Gasteiger partial charge in [0, 0.05) is 32.2 Å². The molecule has 27 heavy (non-hydrogen) atoms. The third-order valence-corrected chi connectivity index (χ3v) is 4.18. The molecule has 1 saturated heterocycles. The first-order valence-corrected chi connectivity index (χ1v) is 8.94. The van der Waals surface area contributed by atoms with Crippen LogP contribution in [0.1, 0.15) is 38.1 Å². The van der Waals surface area contributed by atoms with E-state index in [4.69, 9.17) is 14.6 Å². The third-order valence-electron chi connectivity index (χ3n) is 4.18. The number of piperazine rings is 1. The monoisotopic (exact) mass is 382 g/mol. The van der Waals surface area contributed by atoms with Gasteiger partial charge in [-0.05, 0) is 45.9 Å². The summed E-state index contributed by atoms with van der Waals surface area (Å²) in [5.41, 5.74) is -0.644. The van der Waals surface area contributed by atoms with Crippen LogP contribution in [0.25, 0.3) is 0 Å². The Morgan fingerprint density at radius 3 is 2.56 bits per heavy atom. The van der Waals surface area contributed by atoms with E-state index in [-0.39, 0.29) is 30.1 Å². The van der Waals surface area contributed by atoms with Gasteiger partial charge < -0.3 is 19.5 Å². The van der Waals surface area contributed by atoms with E-state index < -0.39 is 17.4 Å². The minimum absolute atomic E-state index is 0.000172. The molecule has 1 N–H and O–H groups in total. The third kappa shape index (κ3) is 6.09. The number of rotatable bonds is 5. The predicted octanol–water partition coefficient (Wildman–Crippen LogP) is 2.84. The summed E-state index contributed by atoms with van der Waals surface area (Å²) in [6.45, 7) is 10.2. The molecule has 0 unspecified atom stereocenters. The van der Waals surface area contributed by atoms with Crippen LogP contribution >= 0.6 is 0 Å². The molecular weight excluding hydrogens is 355 g/mol. The van der Waals surface area contributed by atoms with Crippen LogP contribution in [-0.2, 0) is 4.74 Å². The van der Waals surface area contributed by atoms with Crippen molar-refractivity contribution >= 4 is 12.1 Å². The molecule has 0 aromatic heterocycles. The second-order valence-electron chi connectivity index (χ2n) is 7.62. The molecule has 1 aliphatic rings. The highest BCUT2D eigenvalue weighted by Gasteiger charge is 2.30. The maximum absolute atomic E-state index is 13.9. The van der Waals surface area contributed by atoms with Gasteiger partial charge in [-0.25, -0.2) is 14.0 Å². The molecule has 1 aromatic carbocycles. The van der Waals surface area contributed by atoms with Crippen molar-refractivity contribution in [3.8, 4) is 5.75 Å². The van der Waals surface area contributed by atoms with Crippen LogP contribution in [0.15, 0.2) is 18.2 Å². The summed E-state index contributed by atoms with van der Waals surface area (Å²) in [6, 6.07) is 3.57. The number of carbonyl (C=O) groups excluding carboxylic acids is 1. The SMILES string of the molecule is C[C@@H]1CN(CCOc2ccc(C(=O)O)cc2F)CCN1C(=O)OC(C)(C)C. The maximum Gasteiger partial charge on any atom is 0.410 e. The Kier molecular flexibility index (Phi) is 6.64. The molecule has 1 fully saturated rings. The Balaban J connectivity index is 1.80. The lowest BCUT2D eigenvalue weighted by molar-refractivity contribution is 0.000297. The van der Waals surface area contributed by atoms with Crippen LogP contribution in [0.2, 0.25) is 0 Å². The summed E-state index contributed by atoms with van der Waals surface area (Å²) in [7, 11) is 0. The molecule has 1 aliphatic heterocycles. The Hall–Kier alpha value is -2.35. The zero-order valence-corrected chi connectivity index (χ0v) is 16.2. The van der Waals surface area contributed by atoms with E-state index in [1.54, 1.807) is 4.90 Å². The Morgan fingerprint density at radius 2 is 2.00 bits per heavy atom. The molecular formula is C19H27FN2O5. The first-order valence-electron chi connectivity index (χ1n) is 8.94. The fraction of sp³-hybridized carbons (Fsp3) is 0.579. The lowest BCUT2D eigenvalue weighted by Gasteiger charge is -2.40. The van der Waals surface area contributed by atoms with Gasteiger partial charge in [-0.1, -0.05) is 0 Å². The lowest BCUT2D eigenvalue weighted by atomic mass is 10.2. The molecule has 2 rings (SSSR count). The number of benzene rings is 1. The molecule has 1 aromatic rings. The van der Waals surface area contributed by atoms with Gasteiger partial charge in [-0.2, -0.15) is 0 Å². The first-order chi connectivity index (χ1) is 12.6. The topological polar surface area (TPSA) is 79.3 Å². The van der Waals surface area contributed by atoms with E-state index in [0.29, 0.717) is 26.2 Å². The molecule has 8 heteroatoms. The highest BCUT2D eigenvalue weighted by Crippen LogP contribution is 2.19. The zero-order chi connectivity index (χ0) is 20.2. The number of carboxylic acids is 1. The summed E-state index contributed by atoms with van der Waals surface area (Å²) in [5.74, 6) is -1.85. The summed E-state index contributed by atoms with van der Waals surface area (Å²) in [5, 5.41) is 8.84. The van der Waals surface area contributed by atoms with Crippen LogP contribution in [0.4, 0.5) is 9.18 Å². The van der Waals surface area contributed by atoms with Gasteiger partial charge in [0.1, 0.15) is 12.2 Å². The van der Waals surface area contributed by atoms with Gasteiger partial charge in [0.25, 0.3) is 0 Å². The molecule has 0 saturated carbocycles. The predicted molar refractivity (Wildman–Crippen MR) is 97.7 cm³/mol. The number of ether oxygens (including phenoxy) is 2. The minimum Gasteiger partial charge on any atom is -0.489 e. The van der Waals surface area contributed by atoms with Crippen molar-refractivity contribution in [3.05, 3.63) is 29.6 Å². The number of halogens is 1. The number of hydrogen-bond acceptors (Lipinski definition) is 5. The fourth-order valence-corrected chi connectivity index (χ4v) is 2.86. The Morgan fingerprint density at radius 1 is 1.30 bits per heavy atom. The van der Waals surface area contributed by atoms with Crippen LogP contribution < -0.4 is 4.74 Å². The first kappa shape index (κ1) is 21.0. The quantitative estimate of drug-likeness (QED) is 0.844. The molecule has 1 heterocycles. The second kappa shape index (κ2) is 8.56. The van der Waals surface area contributed by atoms with Crippen molar-refractivity contribution in [2.24, 2.45) is 0 Å². The largest absolute Gasteiger partial charge is 0.489 e. The number of carboxylic acid groups (broad SMARTS) is 1.